The molecular formula is C15H23NO4. The van der Waals surface area contributed by atoms with E-state index in [4.69, 9.17) is 9.84 Å². The molecule has 0 aromatic heterocycles. The van der Waals surface area contributed by atoms with Gasteiger partial charge in [-0.2, -0.15) is 0 Å². The van der Waals surface area contributed by atoms with Gasteiger partial charge < -0.3 is 15.2 Å². The van der Waals surface area contributed by atoms with Crippen molar-refractivity contribution in [3.8, 4) is 0 Å². The van der Waals surface area contributed by atoms with Crippen molar-refractivity contribution in [2.75, 3.05) is 26.4 Å². The molecule has 0 saturated carbocycles. The molecule has 0 fully saturated rings. The highest BCUT2D eigenvalue weighted by Gasteiger charge is 2.05. The summed E-state index contributed by atoms with van der Waals surface area (Å²) in [7, 11) is 0. The molecule has 1 amide bonds. The zero-order valence-corrected chi connectivity index (χ0v) is 12.3. The highest BCUT2D eigenvalue weighted by atomic mass is 16.5. The summed E-state index contributed by atoms with van der Waals surface area (Å²) in [4.78, 5) is 22.7. The molecule has 0 atom stereocenters. The first-order valence-corrected chi connectivity index (χ1v) is 6.73. The van der Waals surface area contributed by atoms with Gasteiger partial charge in [-0.15, -0.1) is 0 Å². The quantitative estimate of drug-likeness (QED) is 0.588. The fraction of sp³-hybridized carbons (Fsp3) is 0.467. The molecule has 0 aliphatic heterocycles. The first-order chi connectivity index (χ1) is 9.65. The Bertz CT molecular complexity index is 401. The zero-order valence-electron chi connectivity index (χ0n) is 12.3. The summed E-state index contributed by atoms with van der Waals surface area (Å²) < 4.78 is 5.01. The van der Waals surface area contributed by atoms with Gasteiger partial charge in [0, 0.05) is 17.7 Å². The number of ether oxygens (including phenoxy) is 1. The van der Waals surface area contributed by atoms with E-state index in [-0.39, 0.29) is 24.9 Å². The van der Waals surface area contributed by atoms with Crippen molar-refractivity contribution in [1.82, 2.24) is 5.32 Å². The molecule has 1 rings (SSSR count). The fourth-order valence-corrected chi connectivity index (χ4v) is 1.36. The van der Waals surface area contributed by atoms with E-state index >= 15 is 0 Å². The Morgan fingerprint density at radius 1 is 1.10 bits per heavy atom. The molecule has 0 heterocycles. The number of carbonyl (C=O) groups excluding carboxylic acids is 2. The maximum atomic E-state index is 11.7. The molecule has 2 N–H and O–H groups in total. The monoisotopic (exact) mass is 281 g/mol. The maximum Gasteiger partial charge on any atom is 0.251 e. The van der Waals surface area contributed by atoms with Crippen LogP contribution in [0.5, 0.6) is 0 Å². The lowest BCUT2D eigenvalue weighted by Crippen LogP contribution is -2.27. The standard InChI is InChI=1S/C13H17NO4.C2H6/c1-10(16)11-2-4-12(5-3-11)13(17)14-6-8-18-9-7-15;1-2/h2-5,15H,6-9H2,1H3,(H,14,17);1-2H3. The molecule has 0 bridgehead atoms. The van der Waals surface area contributed by atoms with Crippen molar-refractivity contribution in [2.45, 2.75) is 20.8 Å². The van der Waals surface area contributed by atoms with Gasteiger partial charge in [-0.25, -0.2) is 0 Å². The second-order valence-electron chi connectivity index (χ2n) is 3.73. The largest absolute Gasteiger partial charge is 0.394 e. The van der Waals surface area contributed by atoms with E-state index in [9.17, 15) is 9.59 Å². The summed E-state index contributed by atoms with van der Waals surface area (Å²) in [6.45, 7) is 6.46. The van der Waals surface area contributed by atoms with E-state index in [1.165, 1.54) is 6.92 Å². The Morgan fingerprint density at radius 2 is 1.65 bits per heavy atom. The van der Waals surface area contributed by atoms with Gasteiger partial charge in [0.2, 0.25) is 0 Å². The van der Waals surface area contributed by atoms with Crippen LogP contribution in [0.2, 0.25) is 0 Å². The van der Waals surface area contributed by atoms with Gasteiger partial charge in [0.25, 0.3) is 5.91 Å². The molecule has 0 spiro atoms. The van der Waals surface area contributed by atoms with Crippen LogP contribution in [0.1, 0.15) is 41.5 Å². The van der Waals surface area contributed by atoms with Crippen molar-refractivity contribution < 1.29 is 19.4 Å². The Balaban J connectivity index is 0.00000172. The Hall–Kier alpha value is -1.72. The average Bonchev–Trinajstić information content (AvgIpc) is 2.49. The van der Waals surface area contributed by atoms with E-state index in [0.29, 0.717) is 24.3 Å². The van der Waals surface area contributed by atoms with Gasteiger partial charge in [0.1, 0.15) is 0 Å². The third-order valence-corrected chi connectivity index (χ3v) is 2.32. The first-order valence-electron chi connectivity index (χ1n) is 6.73. The van der Waals surface area contributed by atoms with E-state index in [2.05, 4.69) is 5.32 Å². The summed E-state index contributed by atoms with van der Waals surface area (Å²) in [5, 5.41) is 11.2. The number of hydrogen-bond donors (Lipinski definition) is 2. The van der Waals surface area contributed by atoms with E-state index in [1.807, 2.05) is 13.8 Å². The molecule has 0 aliphatic rings. The molecule has 0 radical (unpaired) electrons. The Labute approximate surface area is 120 Å². The van der Waals surface area contributed by atoms with E-state index < -0.39 is 0 Å². The first kappa shape index (κ1) is 18.3. The van der Waals surface area contributed by atoms with Crippen LogP contribution in [0, 0.1) is 0 Å². The number of benzene rings is 1. The lowest BCUT2D eigenvalue weighted by atomic mass is 10.1. The minimum Gasteiger partial charge on any atom is -0.394 e. The van der Waals surface area contributed by atoms with Gasteiger partial charge in [0.05, 0.1) is 19.8 Å². The summed E-state index contributed by atoms with van der Waals surface area (Å²) in [5.41, 5.74) is 1.08. The number of hydrogen-bond acceptors (Lipinski definition) is 4. The van der Waals surface area contributed by atoms with Crippen LogP contribution in [0.4, 0.5) is 0 Å². The number of nitrogens with one attached hydrogen (secondary N) is 1. The molecule has 0 saturated heterocycles. The lowest BCUT2D eigenvalue weighted by molar-refractivity contribution is 0.0837. The maximum absolute atomic E-state index is 11.7. The lowest BCUT2D eigenvalue weighted by Gasteiger charge is -2.06. The van der Waals surface area contributed by atoms with Crippen molar-refractivity contribution >= 4 is 11.7 Å². The molecule has 1 aromatic carbocycles. The van der Waals surface area contributed by atoms with Crippen LogP contribution >= 0.6 is 0 Å². The summed E-state index contributed by atoms with van der Waals surface area (Å²) in [5.74, 6) is -0.239. The second kappa shape index (κ2) is 11.1. The van der Waals surface area contributed by atoms with E-state index in [0.717, 1.165) is 0 Å². The number of amides is 1. The minimum atomic E-state index is -0.210. The number of rotatable bonds is 7. The highest BCUT2D eigenvalue weighted by Crippen LogP contribution is 2.04. The third-order valence-electron chi connectivity index (χ3n) is 2.32. The highest BCUT2D eigenvalue weighted by molar-refractivity contribution is 5.97. The molecule has 20 heavy (non-hydrogen) atoms. The van der Waals surface area contributed by atoms with Gasteiger partial charge in [-0.05, 0) is 19.1 Å². The fourth-order valence-electron chi connectivity index (χ4n) is 1.36. The predicted octanol–water partition coefficient (Wildman–Crippen LogP) is 1.65. The van der Waals surface area contributed by atoms with Crippen LogP contribution in [0.15, 0.2) is 24.3 Å². The number of carbonyl (C=O) groups is 2. The molecule has 112 valence electrons. The topological polar surface area (TPSA) is 75.6 Å². The zero-order chi connectivity index (χ0) is 15.4. The Morgan fingerprint density at radius 3 is 2.15 bits per heavy atom. The van der Waals surface area contributed by atoms with Crippen LogP contribution in [-0.4, -0.2) is 43.2 Å². The van der Waals surface area contributed by atoms with Crippen molar-refractivity contribution in [2.24, 2.45) is 0 Å². The van der Waals surface area contributed by atoms with Crippen LogP contribution in [0.25, 0.3) is 0 Å². The Kier molecular flexibility index (Phi) is 10.2. The summed E-state index contributed by atoms with van der Waals surface area (Å²) in [6.07, 6.45) is 0. The van der Waals surface area contributed by atoms with Crippen LogP contribution in [0.3, 0.4) is 0 Å². The average molecular weight is 281 g/mol. The molecular weight excluding hydrogens is 258 g/mol. The minimum absolute atomic E-state index is 0.0273. The van der Waals surface area contributed by atoms with Gasteiger partial charge in [0.15, 0.2) is 5.78 Å². The number of aliphatic hydroxyl groups is 1. The van der Waals surface area contributed by atoms with Gasteiger partial charge in [-0.3, -0.25) is 9.59 Å². The van der Waals surface area contributed by atoms with Gasteiger partial charge >= 0.3 is 0 Å². The molecule has 5 nitrogen and oxygen atoms in total. The van der Waals surface area contributed by atoms with E-state index in [1.54, 1.807) is 24.3 Å². The third kappa shape index (κ3) is 7.01. The normalized spacial score (nSPS) is 9.40. The SMILES string of the molecule is CC.CC(=O)c1ccc(C(=O)NCCOCCO)cc1. The number of ketones is 1. The van der Waals surface area contributed by atoms with Crippen LogP contribution < -0.4 is 5.32 Å². The molecule has 0 aliphatic carbocycles. The molecule has 1 aromatic rings. The van der Waals surface area contributed by atoms with Crippen molar-refractivity contribution in [3.63, 3.8) is 0 Å². The summed E-state index contributed by atoms with van der Waals surface area (Å²) >= 11 is 0. The van der Waals surface area contributed by atoms with Crippen molar-refractivity contribution in [1.29, 1.82) is 0 Å². The van der Waals surface area contributed by atoms with Crippen LogP contribution in [-0.2, 0) is 4.74 Å². The molecule has 5 heteroatoms. The predicted molar refractivity (Wildman–Crippen MR) is 78.0 cm³/mol. The number of Topliss-reactive ketones (excluding diaryl/α,β-unsaturated/α-hetero) is 1. The smallest absolute Gasteiger partial charge is 0.251 e. The second-order valence-corrected chi connectivity index (χ2v) is 3.73. The number of aliphatic hydroxyl groups excluding tert-OH is 1. The van der Waals surface area contributed by atoms with Crippen molar-refractivity contribution in [3.05, 3.63) is 35.4 Å². The molecule has 0 unspecified atom stereocenters. The van der Waals surface area contributed by atoms with Gasteiger partial charge in [-0.1, -0.05) is 26.0 Å². The summed E-state index contributed by atoms with van der Waals surface area (Å²) in [6, 6.07) is 6.47.